The number of methoxy groups -OCH3 is 1. The summed E-state index contributed by atoms with van der Waals surface area (Å²) in [6, 6.07) is 11.7. The van der Waals surface area contributed by atoms with E-state index in [2.05, 4.69) is 17.2 Å². The summed E-state index contributed by atoms with van der Waals surface area (Å²) in [6.07, 6.45) is 1.75. The summed E-state index contributed by atoms with van der Waals surface area (Å²) in [7, 11) is 1.64. The van der Waals surface area contributed by atoms with Crippen LogP contribution in [0.4, 0.5) is 5.69 Å². The normalized spacial score (nSPS) is 12.0. The molecule has 0 saturated carbocycles. The summed E-state index contributed by atoms with van der Waals surface area (Å²) >= 11 is 6.01. The first kappa shape index (κ1) is 15.6. The third kappa shape index (κ3) is 4.92. The van der Waals surface area contributed by atoms with Crippen molar-refractivity contribution >= 4 is 17.3 Å². The van der Waals surface area contributed by atoms with E-state index in [-0.39, 0.29) is 6.04 Å². The average molecular weight is 307 g/mol. The smallest absolute Gasteiger partial charge is 0.213 e. The maximum atomic E-state index is 6.01. The van der Waals surface area contributed by atoms with Crippen LogP contribution in [0.5, 0.6) is 5.88 Å². The lowest BCUT2D eigenvalue weighted by atomic mass is 10.1. The van der Waals surface area contributed by atoms with Crippen LogP contribution in [-0.4, -0.2) is 25.3 Å². The van der Waals surface area contributed by atoms with Gasteiger partial charge in [-0.2, -0.15) is 0 Å². The van der Waals surface area contributed by atoms with Crippen molar-refractivity contribution in [3.05, 3.63) is 53.2 Å². The minimum Gasteiger partial charge on any atom is -0.475 e. The van der Waals surface area contributed by atoms with Gasteiger partial charge in [-0.05, 0) is 30.7 Å². The Morgan fingerprint density at radius 3 is 2.76 bits per heavy atom. The maximum absolute atomic E-state index is 6.01. The highest BCUT2D eigenvalue weighted by Crippen LogP contribution is 2.22. The Balaban J connectivity index is 1.93. The van der Waals surface area contributed by atoms with Crippen LogP contribution in [-0.2, 0) is 4.74 Å². The second-order valence-electron chi connectivity index (χ2n) is 4.65. The first-order chi connectivity index (χ1) is 10.2. The van der Waals surface area contributed by atoms with Crippen molar-refractivity contribution in [2.45, 2.75) is 13.0 Å². The fourth-order valence-electron chi connectivity index (χ4n) is 1.89. The number of rotatable bonds is 7. The highest BCUT2D eigenvalue weighted by Gasteiger charge is 2.06. The predicted octanol–water partition coefficient (Wildman–Crippen LogP) is 3.93. The molecular formula is C16H19ClN2O2. The fraction of sp³-hybridized carbons (Fsp3) is 0.312. The van der Waals surface area contributed by atoms with E-state index in [9.17, 15) is 0 Å². The molecule has 0 fully saturated rings. The molecule has 1 N–H and O–H groups in total. The Morgan fingerprint density at radius 1 is 1.24 bits per heavy atom. The molecule has 0 amide bonds. The van der Waals surface area contributed by atoms with Crippen LogP contribution < -0.4 is 10.1 Å². The molecule has 1 heterocycles. The summed E-state index contributed by atoms with van der Waals surface area (Å²) in [5, 5.41) is 4.12. The summed E-state index contributed by atoms with van der Waals surface area (Å²) in [5.74, 6) is 0.591. The summed E-state index contributed by atoms with van der Waals surface area (Å²) in [4.78, 5) is 4.25. The van der Waals surface area contributed by atoms with E-state index in [1.165, 1.54) is 0 Å². The number of ether oxygens (including phenoxy) is 2. The monoisotopic (exact) mass is 306 g/mol. The van der Waals surface area contributed by atoms with Crippen molar-refractivity contribution in [2.75, 3.05) is 25.6 Å². The van der Waals surface area contributed by atoms with Gasteiger partial charge < -0.3 is 14.8 Å². The van der Waals surface area contributed by atoms with Gasteiger partial charge in [0.2, 0.25) is 5.88 Å². The Kier molecular flexibility index (Phi) is 5.84. The van der Waals surface area contributed by atoms with E-state index in [1.54, 1.807) is 13.3 Å². The van der Waals surface area contributed by atoms with Gasteiger partial charge in [0.05, 0.1) is 18.5 Å². The molecule has 2 aromatic rings. The van der Waals surface area contributed by atoms with E-state index in [4.69, 9.17) is 21.1 Å². The molecule has 0 saturated heterocycles. The van der Waals surface area contributed by atoms with Crippen molar-refractivity contribution in [2.24, 2.45) is 0 Å². The number of nitrogens with one attached hydrogen (secondary N) is 1. The largest absolute Gasteiger partial charge is 0.475 e. The van der Waals surface area contributed by atoms with E-state index >= 15 is 0 Å². The first-order valence-corrected chi connectivity index (χ1v) is 7.16. The average Bonchev–Trinajstić information content (AvgIpc) is 2.49. The molecule has 2 rings (SSSR count). The predicted molar refractivity (Wildman–Crippen MR) is 85.1 cm³/mol. The quantitative estimate of drug-likeness (QED) is 0.787. The molecule has 0 radical (unpaired) electrons. The minimum atomic E-state index is 0.144. The van der Waals surface area contributed by atoms with Gasteiger partial charge in [0.1, 0.15) is 6.61 Å². The van der Waals surface area contributed by atoms with Crippen molar-refractivity contribution in [1.82, 2.24) is 4.98 Å². The van der Waals surface area contributed by atoms with Crippen LogP contribution in [0.15, 0.2) is 42.6 Å². The van der Waals surface area contributed by atoms with Crippen LogP contribution in [0.3, 0.4) is 0 Å². The molecule has 4 nitrogen and oxygen atoms in total. The van der Waals surface area contributed by atoms with Crippen molar-refractivity contribution in [1.29, 1.82) is 0 Å². The van der Waals surface area contributed by atoms with E-state index < -0.39 is 0 Å². The van der Waals surface area contributed by atoms with Gasteiger partial charge in [-0.25, -0.2) is 4.98 Å². The molecule has 112 valence electrons. The van der Waals surface area contributed by atoms with Gasteiger partial charge >= 0.3 is 0 Å². The van der Waals surface area contributed by atoms with Gasteiger partial charge in [0.15, 0.2) is 0 Å². The molecule has 0 aliphatic rings. The number of aromatic nitrogens is 1. The molecule has 1 aromatic carbocycles. The van der Waals surface area contributed by atoms with Crippen molar-refractivity contribution in [3.8, 4) is 5.88 Å². The SMILES string of the molecule is COCCOc1ccc(NC(C)c2cccc(Cl)c2)cn1. The lowest BCUT2D eigenvalue weighted by molar-refractivity contribution is 0.144. The minimum absolute atomic E-state index is 0.144. The van der Waals surface area contributed by atoms with Crippen LogP contribution in [0, 0.1) is 0 Å². The van der Waals surface area contributed by atoms with Gasteiger partial charge in [0, 0.05) is 24.2 Å². The molecule has 1 aromatic heterocycles. The molecular weight excluding hydrogens is 288 g/mol. The fourth-order valence-corrected chi connectivity index (χ4v) is 2.09. The second kappa shape index (κ2) is 7.86. The van der Waals surface area contributed by atoms with Crippen LogP contribution in [0.2, 0.25) is 5.02 Å². The molecule has 1 atom stereocenters. The van der Waals surface area contributed by atoms with Crippen LogP contribution in [0.25, 0.3) is 0 Å². The molecule has 0 spiro atoms. The maximum Gasteiger partial charge on any atom is 0.213 e. The third-order valence-corrected chi connectivity index (χ3v) is 3.24. The van der Waals surface area contributed by atoms with Gasteiger partial charge in [-0.1, -0.05) is 23.7 Å². The first-order valence-electron chi connectivity index (χ1n) is 6.79. The van der Waals surface area contributed by atoms with Gasteiger partial charge in [-0.15, -0.1) is 0 Å². The third-order valence-electron chi connectivity index (χ3n) is 3.01. The van der Waals surface area contributed by atoms with E-state index in [0.717, 1.165) is 16.3 Å². The van der Waals surface area contributed by atoms with E-state index in [1.807, 2.05) is 36.4 Å². The number of benzene rings is 1. The van der Waals surface area contributed by atoms with E-state index in [0.29, 0.717) is 19.1 Å². The topological polar surface area (TPSA) is 43.4 Å². The zero-order valence-electron chi connectivity index (χ0n) is 12.2. The Bertz CT molecular complexity index is 560. The highest BCUT2D eigenvalue weighted by atomic mass is 35.5. The lowest BCUT2D eigenvalue weighted by Crippen LogP contribution is -2.08. The number of pyridine rings is 1. The number of hydrogen-bond acceptors (Lipinski definition) is 4. The number of nitrogens with zero attached hydrogens (tertiary/aromatic N) is 1. The lowest BCUT2D eigenvalue weighted by Gasteiger charge is -2.16. The Hall–Kier alpha value is -1.78. The van der Waals surface area contributed by atoms with Crippen LogP contribution >= 0.6 is 11.6 Å². The second-order valence-corrected chi connectivity index (χ2v) is 5.08. The number of hydrogen-bond donors (Lipinski definition) is 1. The van der Waals surface area contributed by atoms with Crippen molar-refractivity contribution in [3.63, 3.8) is 0 Å². The summed E-state index contributed by atoms with van der Waals surface area (Å²) in [6.45, 7) is 3.12. The van der Waals surface area contributed by atoms with Gasteiger partial charge in [-0.3, -0.25) is 0 Å². The molecule has 0 bridgehead atoms. The summed E-state index contributed by atoms with van der Waals surface area (Å²) in [5.41, 5.74) is 2.06. The number of anilines is 1. The van der Waals surface area contributed by atoms with Crippen molar-refractivity contribution < 1.29 is 9.47 Å². The Morgan fingerprint density at radius 2 is 2.10 bits per heavy atom. The number of halogens is 1. The molecule has 0 aliphatic carbocycles. The standard InChI is InChI=1S/C16H19ClN2O2/c1-12(13-4-3-5-14(17)10-13)19-15-6-7-16(18-11-15)21-9-8-20-2/h3-7,10-12,19H,8-9H2,1-2H3. The molecule has 5 heteroatoms. The van der Waals surface area contributed by atoms with Crippen LogP contribution in [0.1, 0.15) is 18.5 Å². The molecule has 21 heavy (non-hydrogen) atoms. The molecule has 0 aliphatic heterocycles. The zero-order chi connectivity index (χ0) is 15.1. The Labute approximate surface area is 130 Å². The van der Waals surface area contributed by atoms with Gasteiger partial charge in [0.25, 0.3) is 0 Å². The highest BCUT2D eigenvalue weighted by molar-refractivity contribution is 6.30. The summed E-state index contributed by atoms with van der Waals surface area (Å²) < 4.78 is 10.3. The zero-order valence-corrected chi connectivity index (χ0v) is 12.9. The molecule has 1 unspecified atom stereocenters.